The number of hydrogen-bond acceptors (Lipinski definition) is 5. The van der Waals surface area contributed by atoms with Crippen LogP contribution in [0.15, 0.2) is 47.4 Å². The number of carbonyl (C=O) groups is 1. The van der Waals surface area contributed by atoms with Gasteiger partial charge in [0.05, 0.1) is 29.1 Å². The first kappa shape index (κ1) is 18.3. The van der Waals surface area contributed by atoms with Gasteiger partial charge in [-0.2, -0.15) is 4.31 Å². The molecular formula is C19H18ClNO5S. The van der Waals surface area contributed by atoms with Crippen LogP contribution in [0.1, 0.15) is 28.8 Å². The zero-order chi connectivity index (χ0) is 19.2. The Kier molecular flexibility index (Phi) is 4.41. The molecule has 0 N–H and O–H groups in total. The number of nitrogens with zero attached hydrogens (tertiary/aromatic N) is 1. The first-order chi connectivity index (χ1) is 12.9. The van der Waals surface area contributed by atoms with Crippen molar-refractivity contribution in [2.24, 2.45) is 0 Å². The van der Waals surface area contributed by atoms with Crippen molar-refractivity contribution in [3.63, 3.8) is 0 Å². The molecule has 1 unspecified atom stereocenters. The number of hydrogen-bond donors (Lipinski definition) is 0. The number of ether oxygens (including phenoxy) is 2. The molecule has 2 aliphatic heterocycles. The predicted octanol–water partition coefficient (Wildman–Crippen LogP) is 3.20. The van der Waals surface area contributed by atoms with Crippen LogP contribution in [0.5, 0.6) is 5.75 Å². The molecule has 2 aromatic rings. The fraction of sp³-hybridized carbons (Fsp3) is 0.316. The van der Waals surface area contributed by atoms with E-state index in [0.29, 0.717) is 30.7 Å². The summed E-state index contributed by atoms with van der Waals surface area (Å²) >= 11 is 6.10. The quantitative estimate of drug-likeness (QED) is 0.730. The van der Waals surface area contributed by atoms with Gasteiger partial charge in [-0.15, -0.1) is 0 Å². The zero-order valence-corrected chi connectivity index (χ0v) is 16.2. The van der Waals surface area contributed by atoms with Gasteiger partial charge in [0, 0.05) is 12.1 Å². The minimum Gasteiger partial charge on any atom is -0.495 e. The summed E-state index contributed by atoms with van der Waals surface area (Å²) in [5, 5.41) is 0.225. The number of rotatable bonds is 3. The lowest BCUT2D eigenvalue weighted by Gasteiger charge is -2.38. The summed E-state index contributed by atoms with van der Waals surface area (Å²) in [5.41, 5.74) is 0.321. The fourth-order valence-electron chi connectivity index (χ4n) is 3.79. The van der Waals surface area contributed by atoms with Crippen molar-refractivity contribution in [3.8, 4) is 5.75 Å². The average Bonchev–Trinajstić information content (AvgIpc) is 2.93. The number of carbonyl (C=O) groups excluding carboxylic acids is 1. The third kappa shape index (κ3) is 2.90. The number of piperidine rings is 1. The van der Waals surface area contributed by atoms with Gasteiger partial charge in [0.25, 0.3) is 0 Å². The molecular weight excluding hydrogens is 390 g/mol. The number of sulfonamides is 1. The second-order valence-corrected chi connectivity index (χ2v) is 9.01. The maximum Gasteiger partial charge on any atom is 0.339 e. The second kappa shape index (κ2) is 6.51. The third-order valence-corrected chi connectivity index (χ3v) is 7.24. The number of methoxy groups -OCH3 is 1. The van der Waals surface area contributed by atoms with Crippen molar-refractivity contribution in [2.45, 2.75) is 23.3 Å². The minimum absolute atomic E-state index is 0.0851. The van der Waals surface area contributed by atoms with Crippen molar-refractivity contribution < 1.29 is 22.7 Å². The molecule has 8 heteroatoms. The molecule has 0 aliphatic carbocycles. The van der Waals surface area contributed by atoms with E-state index in [1.807, 2.05) is 12.1 Å². The highest BCUT2D eigenvalue weighted by Gasteiger charge is 2.50. The summed E-state index contributed by atoms with van der Waals surface area (Å²) < 4.78 is 38.5. The Labute approximate surface area is 162 Å². The second-order valence-electron chi connectivity index (χ2n) is 6.67. The molecule has 2 heterocycles. The lowest BCUT2D eigenvalue weighted by molar-refractivity contribution is -0.0345. The largest absolute Gasteiger partial charge is 0.495 e. The summed E-state index contributed by atoms with van der Waals surface area (Å²) in [4.78, 5) is 12.3. The normalized spacial score (nSPS) is 22.5. The van der Waals surface area contributed by atoms with Crippen molar-refractivity contribution in [1.82, 2.24) is 4.31 Å². The molecule has 4 rings (SSSR count). The van der Waals surface area contributed by atoms with Gasteiger partial charge in [-0.1, -0.05) is 29.8 Å². The van der Waals surface area contributed by atoms with E-state index in [2.05, 4.69) is 0 Å². The molecule has 6 nitrogen and oxygen atoms in total. The highest BCUT2D eigenvalue weighted by Crippen LogP contribution is 2.44. The molecule has 0 radical (unpaired) electrons. The van der Waals surface area contributed by atoms with E-state index in [9.17, 15) is 13.2 Å². The van der Waals surface area contributed by atoms with Crippen molar-refractivity contribution >= 4 is 27.6 Å². The van der Waals surface area contributed by atoms with Gasteiger partial charge in [0.1, 0.15) is 5.75 Å². The molecule has 0 bridgehead atoms. The van der Waals surface area contributed by atoms with E-state index in [0.717, 1.165) is 5.56 Å². The molecule has 27 heavy (non-hydrogen) atoms. The monoisotopic (exact) mass is 407 g/mol. The van der Waals surface area contributed by atoms with Crippen LogP contribution < -0.4 is 4.74 Å². The van der Waals surface area contributed by atoms with Gasteiger partial charge in [0.2, 0.25) is 10.0 Å². The molecule has 1 atom stereocenters. The highest BCUT2D eigenvalue weighted by molar-refractivity contribution is 7.89. The van der Waals surface area contributed by atoms with E-state index in [1.54, 1.807) is 12.1 Å². The van der Waals surface area contributed by atoms with Crippen LogP contribution in [-0.4, -0.2) is 38.9 Å². The number of halogens is 1. The van der Waals surface area contributed by atoms with Gasteiger partial charge >= 0.3 is 5.97 Å². The van der Waals surface area contributed by atoms with Crippen LogP contribution in [0.4, 0.5) is 0 Å². The average molecular weight is 408 g/mol. The SMILES string of the molecule is COc1ccc(S(=O)(=O)N2CCCC3(C2)OC(=O)c2ccccc23)cc1Cl. The first-order valence-corrected chi connectivity index (χ1v) is 10.4. The molecule has 1 fully saturated rings. The molecule has 2 aromatic carbocycles. The number of benzene rings is 2. The number of esters is 1. The molecule has 0 saturated carbocycles. The third-order valence-electron chi connectivity index (χ3n) is 5.11. The molecule has 1 saturated heterocycles. The lowest BCUT2D eigenvalue weighted by Crippen LogP contribution is -2.48. The van der Waals surface area contributed by atoms with Gasteiger partial charge < -0.3 is 9.47 Å². The lowest BCUT2D eigenvalue weighted by atomic mass is 9.86. The minimum atomic E-state index is -3.79. The fourth-order valence-corrected chi connectivity index (χ4v) is 5.67. The van der Waals surface area contributed by atoms with Crippen LogP contribution in [0, 0.1) is 0 Å². The Morgan fingerprint density at radius 1 is 1.22 bits per heavy atom. The Bertz CT molecular complexity index is 1020. The summed E-state index contributed by atoms with van der Waals surface area (Å²) in [6, 6.07) is 11.5. The summed E-state index contributed by atoms with van der Waals surface area (Å²) in [6.45, 7) is 0.440. The number of fused-ring (bicyclic) bond motifs is 2. The van der Waals surface area contributed by atoms with E-state index in [1.165, 1.54) is 29.6 Å². The molecule has 0 aromatic heterocycles. The van der Waals surface area contributed by atoms with Gasteiger partial charge in [-0.05, 0) is 37.1 Å². The highest BCUT2D eigenvalue weighted by atomic mass is 35.5. The molecule has 0 amide bonds. The van der Waals surface area contributed by atoms with Gasteiger partial charge in [0.15, 0.2) is 5.60 Å². The maximum atomic E-state index is 13.2. The Balaban J connectivity index is 1.70. The summed E-state index contributed by atoms with van der Waals surface area (Å²) in [5.74, 6) is 0.00159. The zero-order valence-electron chi connectivity index (χ0n) is 14.6. The molecule has 142 valence electrons. The molecule has 1 spiro atoms. The predicted molar refractivity (Wildman–Crippen MR) is 99.5 cm³/mol. The van der Waals surface area contributed by atoms with Crippen LogP contribution in [0.3, 0.4) is 0 Å². The van der Waals surface area contributed by atoms with E-state index >= 15 is 0 Å². The Morgan fingerprint density at radius 3 is 2.74 bits per heavy atom. The van der Waals surface area contributed by atoms with Gasteiger partial charge in [-0.3, -0.25) is 0 Å². The van der Waals surface area contributed by atoms with E-state index in [-0.39, 0.29) is 16.5 Å². The van der Waals surface area contributed by atoms with Crippen molar-refractivity contribution in [3.05, 3.63) is 58.6 Å². The molecule has 2 aliphatic rings. The standard InChI is InChI=1S/C19H18ClNO5S/c1-25-17-8-7-13(11-16(17)20)27(23,24)21-10-4-9-19(12-21)15-6-3-2-5-14(15)18(22)26-19/h2-3,5-8,11H,4,9-10,12H2,1H3. The van der Waals surface area contributed by atoms with Crippen molar-refractivity contribution in [2.75, 3.05) is 20.2 Å². The van der Waals surface area contributed by atoms with Gasteiger partial charge in [-0.25, -0.2) is 13.2 Å². The summed E-state index contributed by atoms with van der Waals surface area (Å²) in [6.07, 6.45) is 1.18. The van der Waals surface area contributed by atoms with Crippen LogP contribution in [0.2, 0.25) is 5.02 Å². The smallest absolute Gasteiger partial charge is 0.339 e. The maximum absolute atomic E-state index is 13.2. The first-order valence-electron chi connectivity index (χ1n) is 8.54. The Morgan fingerprint density at radius 2 is 2.00 bits per heavy atom. The van der Waals surface area contributed by atoms with Crippen LogP contribution >= 0.6 is 11.6 Å². The summed E-state index contributed by atoms with van der Waals surface area (Å²) in [7, 11) is -2.32. The van der Waals surface area contributed by atoms with E-state index in [4.69, 9.17) is 21.1 Å². The van der Waals surface area contributed by atoms with Crippen molar-refractivity contribution in [1.29, 1.82) is 0 Å². The van der Waals surface area contributed by atoms with E-state index < -0.39 is 21.6 Å². The van der Waals surface area contributed by atoms with Crippen LogP contribution in [0.25, 0.3) is 0 Å². The van der Waals surface area contributed by atoms with Crippen LogP contribution in [-0.2, 0) is 20.4 Å². The topological polar surface area (TPSA) is 72.9 Å². The Hall–Kier alpha value is -2.09.